The summed E-state index contributed by atoms with van der Waals surface area (Å²) in [6.45, 7) is 3.12. The maximum atomic E-state index is 13.1. The highest BCUT2D eigenvalue weighted by atomic mass is 19.1. The molecule has 3 rings (SSSR count). The topological polar surface area (TPSA) is 75.2 Å². The Balaban J connectivity index is 1.50. The summed E-state index contributed by atoms with van der Waals surface area (Å²) in [7, 11) is 0. The van der Waals surface area contributed by atoms with Gasteiger partial charge in [0.1, 0.15) is 5.82 Å². The average molecular weight is 370 g/mol. The van der Waals surface area contributed by atoms with E-state index in [0.717, 1.165) is 19.4 Å². The largest absolute Gasteiger partial charge is 0.338 e. The average Bonchev–Trinajstić information content (AvgIpc) is 2.69. The molecule has 1 aliphatic heterocycles. The number of benzene rings is 1. The van der Waals surface area contributed by atoms with E-state index in [4.69, 9.17) is 0 Å². The Morgan fingerprint density at radius 1 is 1.30 bits per heavy atom. The van der Waals surface area contributed by atoms with Crippen molar-refractivity contribution in [1.29, 1.82) is 0 Å². The Kier molecular flexibility index (Phi) is 6.11. The van der Waals surface area contributed by atoms with Crippen LogP contribution in [0.15, 0.2) is 36.7 Å². The lowest BCUT2D eigenvalue weighted by molar-refractivity contribution is -0.116. The molecule has 1 aromatic heterocycles. The van der Waals surface area contributed by atoms with Crippen LogP contribution in [-0.2, 0) is 4.79 Å². The number of carbonyl (C=O) groups is 2. The van der Waals surface area contributed by atoms with Gasteiger partial charge in [-0.3, -0.25) is 9.59 Å². The highest BCUT2D eigenvalue weighted by Crippen LogP contribution is 2.23. The predicted molar refractivity (Wildman–Crippen MR) is 99.7 cm³/mol. The third-order valence-electron chi connectivity index (χ3n) is 4.88. The van der Waals surface area contributed by atoms with Gasteiger partial charge in [-0.25, -0.2) is 4.39 Å². The molecule has 1 fully saturated rings. The summed E-state index contributed by atoms with van der Waals surface area (Å²) in [5, 5.41) is 10.3. The number of nitrogens with one attached hydrogen (secondary N) is 1. The summed E-state index contributed by atoms with van der Waals surface area (Å²) in [6, 6.07) is 5.97. The van der Waals surface area contributed by atoms with Crippen LogP contribution in [0.3, 0.4) is 0 Å². The number of aryl methyl sites for hydroxylation is 1. The zero-order chi connectivity index (χ0) is 19.2. The van der Waals surface area contributed by atoms with E-state index in [2.05, 4.69) is 15.5 Å². The van der Waals surface area contributed by atoms with Crippen molar-refractivity contribution in [2.45, 2.75) is 32.6 Å². The fraction of sp³-hybridized carbons (Fsp3) is 0.400. The van der Waals surface area contributed by atoms with Gasteiger partial charge in [0.15, 0.2) is 0 Å². The van der Waals surface area contributed by atoms with Crippen molar-refractivity contribution in [2.24, 2.45) is 5.92 Å². The second-order valence-corrected chi connectivity index (χ2v) is 6.94. The summed E-state index contributed by atoms with van der Waals surface area (Å²) in [6.07, 6.45) is 6.00. The highest BCUT2D eigenvalue weighted by Gasteiger charge is 2.25. The van der Waals surface area contributed by atoms with Crippen LogP contribution < -0.4 is 5.32 Å². The van der Waals surface area contributed by atoms with E-state index in [1.165, 1.54) is 24.5 Å². The SMILES string of the molecule is Cc1cc(F)ccc1NC(=O)CC[C@H]1CCCN(C(=O)c2ccnnc2)C1. The monoisotopic (exact) mass is 370 g/mol. The zero-order valence-corrected chi connectivity index (χ0v) is 15.3. The first kappa shape index (κ1) is 18.9. The van der Waals surface area contributed by atoms with Crippen LogP contribution in [0.5, 0.6) is 0 Å². The van der Waals surface area contributed by atoms with E-state index >= 15 is 0 Å². The van der Waals surface area contributed by atoms with Crippen LogP contribution >= 0.6 is 0 Å². The molecule has 0 saturated carbocycles. The molecule has 1 atom stereocenters. The van der Waals surface area contributed by atoms with Crippen LogP contribution in [0.2, 0.25) is 0 Å². The minimum atomic E-state index is -0.318. The molecular weight excluding hydrogens is 347 g/mol. The number of hydrogen-bond acceptors (Lipinski definition) is 4. The molecule has 0 unspecified atom stereocenters. The molecule has 27 heavy (non-hydrogen) atoms. The smallest absolute Gasteiger partial charge is 0.255 e. The number of amides is 2. The number of likely N-dealkylation sites (tertiary alicyclic amines) is 1. The van der Waals surface area contributed by atoms with E-state index in [0.29, 0.717) is 36.2 Å². The molecule has 7 heteroatoms. The molecule has 2 aromatic rings. The maximum Gasteiger partial charge on any atom is 0.255 e. The van der Waals surface area contributed by atoms with E-state index in [1.807, 2.05) is 4.90 Å². The molecule has 0 bridgehead atoms. The van der Waals surface area contributed by atoms with Gasteiger partial charge in [-0.15, -0.1) is 0 Å². The van der Waals surface area contributed by atoms with Gasteiger partial charge in [0.2, 0.25) is 5.91 Å². The van der Waals surface area contributed by atoms with Gasteiger partial charge in [0, 0.05) is 25.2 Å². The van der Waals surface area contributed by atoms with Crippen molar-refractivity contribution in [3.63, 3.8) is 0 Å². The lowest BCUT2D eigenvalue weighted by Gasteiger charge is -2.32. The highest BCUT2D eigenvalue weighted by molar-refractivity contribution is 5.94. The molecule has 1 aromatic carbocycles. The first-order valence-corrected chi connectivity index (χ1v) is 9.15. The number of piperidine rings is 1. The van der Waals surface area contributed by atoms with Gasteiger partial charge in [-0.05, 0) is 61.9 Å². The molecule has 0 aliphatic carbocycles. The molecule has 2 heterocycles. The Morgan fingerprint density at radius 3 is 2.89 bits per heavy atom. The van der Waals surface area contributed by atoms with Crippen LogP contribution in [0.25, 0.3) is 0 Å². The van der Waals surface area contributed by atoms with Crippen molar-refractivity contribution < 1.29 is 14.0 Å². The van der Waals surface area contributed by atoms with E-state index in [9.17, 15) is 14.0 Å². The zero-order valence-electron chi connectivity index (χ0n) is 15.3. The van der Waals surface area contributed by atoms with Gasteiger partial charge < -0.3 is 10.2 Å². The maximum absolute atomic E-state index is 13.1. The molecule has 1 aliphatic rings. The Morgan fingerprint density at radius 2 is 2.15 bits per heavy atom. The minimum Gasteiger partial charge on any atom is -0.338 e. The fourth-order valence-electron chi connectivity index (χ4n) is 3.40. The van der Waals surface area contributed by atoms with Gasteiger partial charge in [0.05, 0.1) is 18.0 Å². The molecule has 0 radical (unpaired) electrons. The van der Waals surface area contributed by atoms with E-state index < -0.39 is 0 Å². The number of nitrogens with zero attached hydrogens (tertiary/aromatic N) is 3. The summed E-state index contributed by atoms with van der Waals surface area (Å²) in [5.74, 6) is -0.160. The van der Waals surface area contributed by atoms with Gasteiger partial charge in [-0.1, -0.05) is 0 Å². The molecule has 1 N–H and O–H groups in total. The van der Waals surface area contributed by atoms with E-state index in [1.54, 1.807) is 19.1 Å². The Bertz CT molecular complexity index is 813. The van der Waals surface area contributed by atoms with Crippen molar-refractivity contribution in [3.05, 3.63) is 53.6 Å². The summed E-state index contributed by atoms with van der Waals surface area (Å²) in [5.41, 5.74) is 1.87. The summed E-state index contributed by atoms with van der Waals surface area (Å²) >= 11 is 0. The summed E-state index contributed by atoms with van der Waals surface area (Å²) in [4.78, 5) is 26.6. The van der Waals surface area contributed by atoms with Gasteiger partial charge >= 0.3 is 0 Å². The Labute approximate surface area is 157 Å². The van der Waals surface area contributed by atoms with Crippen LogP contribution in [0.4, 0.5) is 10.1 Å². The lowest BCUT2D eigenvalue weighted by Crippen LogP contribution is -2.40. The fourth-order valence-corrected chi connectivity index (χ4v) is 3.40. The predicted octanol–water partition coefficient (Wildman–Crippen LogP) is 3.20. The number of anilines is 1. The molecule has 1 saturated heterocycles. The van der Waals surface area contributed by atoms with Gasteiger partial charge in [0.25, 0.3) is 5.91 Å². The van der Waals surface area contributed by atoms with Crippen molar-refractivity contribution in [3.8, 4) is 0 Å². The number of aromatic nitrogens is 2. The van der Waals surface area contributed by atoms with Crippen molar-refractivity contribution >= 4 is 17.5 Å². The minimum absolute atomic E-state index is 0.0408. The number of carbonyl (C=O) groups excluding carboxylic acids is 2. The first-order chi connectivity index (χ1) is 13.0. The third kappa shape index (κ3) is 5.09. The first-order valence-electron chi connectivity index (χ1n) is 9.15. The molecule has 6 nitrogen and oxygen atoms in total. The summed E-state index contributed by atoms with van der Waals surface area (Å²) < 4.78 is 13.1. The number of rotatable bonds is 5. The van der Waals surface area contributed by atoms with Crippen LogP contribution in [-0.4, -0.2) is 40.0 Å². The second kappa shape index (κ2) is 8.70. The quantitative estimate of drug-likeness (QED) is 0.877. The number of hydrogen-bond donors (Lipinski definition) is 1. The molecule has 142 valence electrons. The normalized spacial score (nSPS) is 16.8. The van der Waals surface area contributed by atoms with Crippen molar-refractivity contribution in [1.82, 2.24) is 15.1 Å². The Hall–Kier alpha value is -2.83. The van der Waals surface area contributed by atoms with Gasteiger partial charge in [-0.2, -0.15) is 10.2 Å². The third-order valence-corrected chi connectivity index (χ3v) is 4.88. The second-order valence-electron chi connectivity index (χ2n) is 6.94. The van der Waals surface area contributed by atoms with Crippen LogP contribution in [0.1, 0.15) is 41.6 Å². The van der Waals surface area contributed by atoms with E-state index in [-0.39, 0.29) is 23.5 Å². The molecule has 0 spiro atoms. The molecular formula is C20H23FN4O2. The van der Waals surface area contributed by atoms with Crippen LogP contribution in [0, 0.1) is 18.7 Å². The molecule has 2 amide bonds. The standard InChI is InChI=1S/C20H23FN4O2/c1-14-11-17(21)5-6-18(14)24-19(26)7-4-15-3-2-10-25(13-15)20(27)16-8-9-22-23-12-16/h5-6,8-9,11-12,15H,2-4,7,10,13H2,1H3,(H,24,26)/t15-/m1/s1. The number of halogens is 1. The lowest BCUT2D eigenvalue weighted by atomic mass is 9.93. The van der Waals surface area contributed by atoms with Crippen molar-refractivity contribution in [2.75, 3.05) is 18.4 Å².